The van der Waals surface area contributed by atoms with Gasteiger partial charge in [-0.25, -0.2) is 29.9 Å². The van der Waals surface area contributed by atoms with Gasteiger partial charge in [-0.3, -0.25) is 4.79 Å². The molecular formula is C53H57N11O9S2. The van der Waals surface area contributed by atoms with Crippen molar-refractivity contribution in [1.29, 1.82) is 0 Å². The number of aldehydes is 1. The van der Waals surface area contributed by atoms with Crippen LogP contribution < -0.4 is 9.80 Å². The van der Waals surface area contributed by atoms with E-state index >= 15 is 0 Å². The summed E-state index contributed by atoms with van der Waals surface area (Å²) < 4.78 is 56.6. The molecule has 0 saturated carbocycles. The second-order valence-corrected chi connectivity index (χ2v) is 17.9. The summed E-state index contributed by atoms with van der Waals surface area (Å²) in [6, 6.07) is 20.2. The van der Waals surface area contributed by atoms with Crippen molar-refractivity contribution < 1.29 is 39.9 Å². The molecule has 0 amide bonds. The van der Waals surface area contributed by atoms with E-state index in [0.29, 0.717) is 90.2 Å². The monoisotopic (exact) mass is 1060 g/mol. The molecule has 2 aromatic carbocycles. The molecule has 75 heavy (non-hydrogen) atoms. The first-order valence-corrected chi connectivity index (χ1v) is 26.1. The first kappa shape index (κ1) is 53.7. The zero-order valence-corrected chi connectivity index (χ0v) is 43.7. The maximum Gasteiger partial charge on any atom is 0.335 e. The van der Waals surface area contributed by atoms with Crippen molar-refractivity contribution in [3.05, 3.63) is 96.6 Å². The normalized spacial score (nSPS) is 13.5. The van der Waals surface area contributed by atoms with Crippen LogP contribution in [0.2, 0.25) is 0 Å². The number of hydrogen-bond donors (Lipinski definition) is 2. The van der Waals surface area contributed by atoms with Crippen LogP contribution in [0.4, 0.5) is 11.6 Å². The summed E-state index contributed by atoms with van der Waals surface area (Å²) in [5, 5.41) is 3.78. The quantitative estimate of drug-likeness (QED) is 0.115. The highest BCUT2D eigenvalue weighted by molar-refractivity contribution is 7.52. The maximum atomic E-state index is 11.3. The molecule has 2 aliphatic heterocycles. The van der Waals surface area contributed by atoms with E-state index in [9.17, 15) is 4.79 Å². The minimum absolute atomic E-state index is 0.441. The number of benzene rings is 2. The molecule has 2 N–H and O–H groups in total. The van der Waals surface area contributed by atoms with Gasteiger partial charge < -0.3 is 43.0 Å². The molecule has 0 atom stereocenters. The lowest BCUT2D eigenvalue weighted by atomic mass is 10.1. The van der Waals surface area contributed by atoms with Crippen LogP contribution >= 0.6 is 0 Å². The Balaban J connectivity index is 0.000000168. The van der Waals surface area contributed by atoms with Gasteiger partial charge in [0.2, 0.25) is 11.4 Å². The predicted molar refractivity (Wildman–Crippen MR) is 290 cm³/mol. The number of aromatic amines is 2. The van der Waals surface area contributed by atoms with Crippen molar-refractivity contribution in [1.82, 2.24) is 44.8 Å². The Hall–Kier alpha value is -7.63. The maximum absolute atomic E-state index is 11.3. The summed E-state index contributed by atoms with van der Waals surface area (Å²) in [6.45, 7) is 14.0. The molecule has 0 spiro atoms. The molecule has 2 fully saturated rings. The van der Waals surface area contributed by atoms with Crippen molar-refractivity contribution in [2.45, 2.75) is 53.0 Å². The second kappa shape index (κ2) is 26.0. The van der Waals surface area contributed by atoms with E-state index in [1.165, 1.54) is 25.5 Å². The van der Waals surface area contributed by atoms with E-state index in [1.807, 2.05) is 48.9 Å². The molecule has 20 nitrogen and oxygen atoms in total. The van der Waals surface area contributed by atoms with Crippen LogP contribution in [0.15, 0.2) is 94.3 Å². The Labute approximate surface area is 438 Å². The third kappa shape index (κ3) is 12.3. The highest BCUT2D eigenvalue weighted by Gasteiger charge is 2.26. The first-order chi connectivity index (χ1) is 36.8. The van der Waals surface area contributed by atoms with Crippen LogP contribution in [-0.4, -0.2) is 134 Å². The summed E-state index contributed by atoms with van der Waals surface area (Å²) in [7, 11) is 2.13. The summed E-state index contributed by atoms with van der Waals surface area (Å²) in [4.78, 5) is 53.3. The largest absolute Gasteiger partial charge is 0.432 e. The number of furan rings is 2. The smallest absolute Gasteiger partial charge is 0.335 e. The molecule has 2 saturated heterocycles. The molecule has 12 rings (SSSR count). The number of aromatic nitrogens is 8. The Morgan fingerprint density at radius 2 is 1.11 bits per heavy atom. The molecule has 10 aromatic rings. The van der Waals surface area contributed by atoms with Gasteiger partial charge in [-0.15, -0.1) is 0 Å². The lowest BCUT2D eigenvalue weighted by Gasteiger charge is -2.27. The van der Waals surface area contributed by atoms with Gasteiger partial charge in [0, 0.05) is 96.0 Å². The topological polar surface area (TPSA) is 249 Å². The number of carbonyl (C=O) groups is 1. The van der Waals surface area contributed by atoms with Crippen LogP contribution in [0, 0.1) is 0 Å². The average molecular weight is 1060 g/mol. The molecule has 8 aromatic heterocycles. The Bertz CT molecular complexity index is 3600. The van der Waals surface area contributed by atoms with E-state index < -0.39 is 23.1 Å². The lowest BCUT2D eigenvalue weighted by Crippen LogP contribution is -2.37. The van der Waals surface area contributed by atoms with Crippen LogP contribution in [0.3, 0.4) is 0 Å². The molecular weight excluding hydrogens is 999 g/mol. The zero-order valence-electron chi connectivity index (χ0n) is 42.1. The average Bonchev–Trinajstić information content (AvgIpc) is 4.28. The first-order valence-electron chi connectivity index (χ1n) is 24.7. The molecule has 22 heteroatoms. The van der Waals surface area contributed by atoms with Crippen LogP contribution in [0.25, 0.3) is 89.0 Å². The fourth-order valence-corrected chi connectivity index (χ4v) is 9.15. The number of ether oxygens (including phenoxy) is 2. The Morgan fingerprint density at radius 3 is 1.56 bits per heavy atom. The SMILES string of the molecule is CCCCC.CCCN(C)Cc1cnc2oc3c(N4CCOCC4)nc(-c4cccc5[nH]ccc45)nc3c2c1.O=Cc1cnc2oc3c(N4CCOCC4)nc(-c4cccc5[nH]ccc45)nc3c2c1.O=S=O.O=S=O. The summed E-state index contributed by atoms with van der Waals surface area (Å²) in [5.74, 6) is 2.82. The van der Waals surface area contributed by atoms with E-state index in [4.69, 9.17) is 55.1 Å². The number of H-pyrrole nitrogens is 2. The molecule has 10 heterocycles. The van der Waals surface area contributed by atoms with Crippen LogP contribution in [-0.2, 0) is 39.2 Å². The number of carbonyl (C=O) groups excluding carboxylic acids is 1. The van der Waals surface area contributed by atoms with Crippen molar-refractivity contribution in [2.24, 2.45) is 0 Å². The fourth-order valence-electron chi connectivity index (χ4n) is 9.15. The summed E-state index contributed by atoms with van der Waals surface area (Å²) in [6.07, 6.45) is 13.2. The third-order valence-electron chi connectivity index (χ3n) is 12.6. The summed E-state index contributed by atoms with van der Waals surface area (Å²) >= 11 is -1.50. The van der Waals surface area contributed by atoms with Crippen molar-refractivity contribution in [2.75, 3.05) is 76.0 Å². The number of hydrogen-bond acceptors (Lipinski definition) is 18. The van der Waals surface area contributed by atoms with Gasteiger partial charge in [0.1, 0.15) is 11.0 Å². The van der Waals surface area contributed by atoms with Gasteiger partial charge in [0.25, 0.3) is 0 Å². The minimum atomic E-state index is -0.750. The van der Waals surface area contributed by atoms with Gasteiger partial charge in [0.05, 0.1) is 37.2 Å². The van der Waals surface area contributed by atoms with Crippen LogP contribution in [0.1, 0.15) is 62.4 Å². The third-order valence-corrected chi connectivity index (χ3v) is 12.6. The van der Waals surface area contributed by atoms with Crippen molar-refractivity contribution in [3.8, 4) is 22.8 Å². The van der Waals surface area contributed by atoms with Gasteiger partial charge in [-0.1, -0.05) is 64.3 Å². The van der Waals surface area contributed by atoms with Gasteiger partial charge in [-0.2, -0.15) is 16.8 Å². The number of anilines is 2. The van der Waals surface area contributed by atoms with E-state index in [2.05, 4.69) is 86.7 Å². The van der Waals surface area contributed by atoms with Gasteiger partial charge >= 0.3 is 23.1 Å². The summed E-state index contributed by atoms with van der Waals surface area (Å²) in [5.41, 5.74) is 9.39. The predicted octanol–water partition coefficient (Wildman–Crippen LogP) is 9.02. The van der Waals surface area contributed by atoms with Crippen molar-refractivity contribution >= 4 is 107 Å². The van der Waals surface area contributed by atoms with E-state index in [0.717, 1.165) is 99.9 Å². The standard InChI is InChI=1S/C26H28N6O2.C22H17N5O3.C5H12.2O2S/c1-3-9-31(2)16-17-14-20-22-23(34-26(20)28-15-17)25(32-10-12-33-13-11-32)30-24(29-22)19-5-4-6-21-18(19)7-8-27-21;28-12-13-10-16-18-19(30-22(16)24-11-13)21(27-6-8-29-9-7-27)26-20(25-18)15-2-1-3-17-14(15)4-5-23-17;1-3-5-4-2;2*1-3-2/h4-8,14-15,27H,3,9-13,16H2,1-2H3;1-5,10-12,23H,6-9H2;3-5H2,1-2H3;;. The highest BCUT2D eigenvalue weighted by atomic mass is 32.1. The molecule has 0 unspecified atom stereocenters. The number of rotatable bonds is 11. The van der Waals surface area contributed by atoms with Crippen molar-refractivity contribution in [3.63, 3.8) is 0 Å². The fraction of sp³-hybridized carbons (Fsp3) is 0.340. The lowest BCUT2D eigenvalue weighted by molar-refractivity contribution is 0.112. The Kier molecular flexibility index (Phi) is 18.6. The molecule has 390 valence electrons. The number of unbranched alkanes of at least 4 members (excludes halogenated alkanes) is 2. The number of nitrogens with zero attached hydrogens (tertiary/aromatic N) is 9. The molecule has 0 aliphatic carbocycles. The molecule has 2 aliphatic rings. The minimum Gasteiger partial charge on any atom is -0.432 e. The zero-order chi connectivity index (χ0) is 52.7. The van der Waals surface area contributed by atoms with Crippen LogP contribution in [0.5, 0.6) is 0 Å². The number of nitrogens with one attached hydrogen (secondary N) is 2. The van der Waals surface area contributed by atoms with Gasteiger partial charge in [-0.05, 0) is 62.0 Å². The van der Waals surface area contributed by atoms with E-state index in [-0.39, 0.29) is 0 Å². The number of morpholine rings is 2. The highest BCUT2D eigenvalue weighted by Crippen LogP contribution is 2.38. The number of fused-ring (bicyclic) bond motifs is 8. The molecule has 0 bridgehead atoms. The second-order valence-electron chi connectivity index (χ2n) is 17.7. The molecule has 0 radical (unpaired) electrons. The number of pyridine rings is 2. The Morgan fingerprint density at radius 1 is 0.627 bits per heavy atom. The van der Waals surface area contributed by atoms with Gasteiger partial charge in [0.15, 0.2) is 40.7 Å². The van der Waals surface area contributed by atoms with E-state index in [1.54, 1.807) is 6.07 Å².